The van der Waals surface area contributed by atoms with Crippen LogP contribution in [0.15, 0.2) is 18.2 Å². The average molecular weight is 272 g/mol. The summed E-state index contributed by atoms with van der Waals surface area (Å²) in [6.45, 7) is 0.537. The van der Waals surface area contributed by atoms with E-state index in [0.29, 0.717) is 12.5 Å². The van der Waals surface area contributed by atoms with E-state index in [1.165, 1.54) is 35.5 Å². The topological polar surface area (TPSA) is 35.2 Å². The normalized spacial score (nSPS) is 17.3. The van der Waals surface area contributed by atoms with Gasteiger partial charge >= 0.3 is 0 Å². The number of thioether (sulfide) groups is 1. The standard InChI is InChI=1S/C13H18ClNOS/c14-13-9-10(3-6-16-15)1-2-12(13)11-4-7-17-8-5-11/h1-2,9,11H,3-8,15H2. The molecule has 2 N–H and O–H groups in total. The Kier molecular flexibility index (Phi) is 5.16. The van der Waals surface area contributed by atoms with Gasteiger partial charge in [0.1, 0.15) is 0 Å². The summed E-state index contributed by atoms with van der Waals surface area (Å²) in [5, 5.41) is 0.899. The van der Waals surface area contributed by atoms with Crippen LogP contribution in [0.1, 0.15) is 29.9 Å². The first-order valence-corrected chi connectivity index (χ1v) is 7.52. The third-order valence-electron chi connectivity index (χ3n) is 3.23. The lowest BCUT2D eigenvalue weighted by atomic mass is 9.92. The minimum Gasteiger partial charge on any atom is -0.304 e. The highest BCUT2D eigenvalue weighted by Gasteiger charge is 2.18. The Morgan fingerprint density at radius 3 is 2.76 bits per heavy atom. The molecule has 94 valence electrons. The van der Waals surface area contributed by atoms with Crippen molar-refractivity contribution in [1.29, 1.82) is 0 Å². The predicted octanol–water partition coefficient (Wildman–Crippen LogP) is 3.38. The van der Waals surface area contributed by atoms with E-state index in [4.69, 9.17) is 17.5 Å². The van der Waals surface area contributed by atoms with Crippen molar-refractivity contribution < 1.29 is 4.84 Å². The van der Waals surface area contributed by atoms with Gasteiger partial charge in [-0.3, -0.25) is 0 Å². The second-order valence-electron chi connectivity index (χ2n) is 4.36. The summed E-state index contributed by atoms with van der Waals surface area (Å²) in [5.74, 6) is 8.18. The van der Waals surface area contributed by atoms with Crippen LogP contribution < -0.4 is 5.90 Å². The molecule has 1 fully saturated rings. The Balaban J connectivity index is 2.07. The van der Waals surface area contributed by atoms with Gasteiger partial charge in [0.25, 0.3) is 0 Å². The molecular weight excluding hydrogens is 254 g/mol. The first-order valence-electron chi connectivity index (χ1n) is 5.99. The fraction of sp³-hybridized carbons (Fsp3) is 0.538. The smallest absolute Gasteiger partial charge is 0.0719 e. The lowest BCUT2D eigenvalue weighted by molar-refractivity contribution is 0.141. The molecule has 0 amide bonds. The van der Waals surface area contributed by atoms with E-state index in [9.17, 15) is 0 Å². The van der Waals surface area contributed by atoms with Gasteiger partial charge in [-0.15, -0.1) is 0 Å². The summed E-state index contributed by atoms with van der Waals surface area (Å²) in [6, 6.07) is 6.37. The number of hydrogen-bond donors (Lipinski definition) is 1. The van der Waals surface area contributed by atoms with Crippen LogP contribution in [-0.2, 0) is 11.3 Å². The van der Waals surface area contributed by atoms with Gasteiger partial charge < -0.3 is 4.84 Å². The molecule has 4 heteroatoms. The number of benzene rings is 1. The van der Waals surface area contributed by atoms with Crippen molar-refractivity contribution in [3.05, 3.63) is 34.3 Å². The van der Waals surface area contributed by atoms with Crippen LogP contribution in [0.4, 0.5) is 0 Å². The molecule has 1 aliphatic rings. The lowest BCUT2D eigenvalue weighted by Crippen LogP contribution is -2.09. The summed E-state index contributed by atoms with van der Waals surface area (Å²) >= 11 is 8.40. The van der Waals surface area contributed by atoms with Crippen LogP contribution in [-0.4, -0.2) is 18.1 Å². The van der Waals surface area contributed by atoms with Crippen LogP contribution in [0.3, 0.4) is 0 Å². The van der Waals surface area contributed by atoms with Crippen LogP contribution >= 0.6 is 23.4 Å². The van der Waals surface area contributed by atoms with Crippen molar-refractivity contribution in [2.45, 2.75) is 25.2 Å². The van der Waals surface area contributed by atoms with Crippen LogP contribution in [0.25, 0.3) is 0 Å². The Bertz CT molecular complexity index is 366. The molecule has 0 bridgehead atoms. The van der Waals surface area contributed by atoms with Crippen molar-refractivity contribution in [3.8, 4) is 0 Å². The zero-order valence-corrected chi connectivity index (χ0v) is 11.4. The van der Waals surface area contributed by atoms with Gasteiger partial charge in [-0.05, 0) is 53.9 Å². The Morgan fingerprint density at radius 2 is 2.12 bits per heavy atom. The molecule has 1 saturated heterocycles. The summed E-state index contributed by atoms with van der Waals surface area (Å²) in [7, 11) is 0. The molecule has 0 aromatic heterocycles. The summed E-state index contributed by atoms with van der Waals surface area (Å²) in [5.41, 5.74) is 2.50. The van der Waals surface area contributed by atoms with Gasteiger partial charge in [0, 0.05) is 5.02 Å². The molecule has 0 spiro atoms. The highest BCUT2D eigenvalue weighted by Crippen LogP contribution is 2.35. The van der Waals surface area contributed by atoms with Crippen molar-refractivity contribution in [1.82, 2.24) is 0 Å². The molecule has 1 aliphatic heterocycles. The SMILES string of the molecule is NOCCc1ccc(C2CCSCC2)c(Cl)c1. The number of nitrogens with two attached hydrogens (primary N) is 1. The molecule has 0 aliphatic carbocycles. The van der Waals surface area contributed by atoms with E-state index in [2.05, 4.69) is 23.0 Å². The van der Waals surface area contributed by atoms with E-state index >= 15 is 0 Å². The third kappa shape index (κ3) is 3.62. The molecule has 2 rings (SSSR count). The Morgan fingerprint density at radius 1 is 1.35 bits per heavy atom. The van der Waals surface area contributed by atoms with Gasteiger partial charge in [0.15, 0.2) is 0 Å². The van der Waals surface area contributed by atoms with Gasteiger partial charge in [0.2, 0.25) is 0 Å². The molecule has 0 unspecified atom stereocenters. The number of hydrogen-bond acceptors (Lipinski definition) is 3. The van der Waals surface area contributed by atoms with E-state index in [1.54, 1.807) is 0 Å². The summed E-state index contributed by atoms with van der Waals surface area (Å²) in [6.07, 6.45) is 3.31. The van der Waals surface area contributed by atoms with Crippen molar-refractivity contribution in [2.75, 3.05) is 18.1 Å². The molecule has 0 saturated carbocycles. The highest BCUT2D eigenvalue weighted by atomic mass is 35.5. The van der Waals surface area contributed by atoms with Crippen molar-refractivity contribution in [3.63, 3.8) is 0 Å². The molecule has 1 aromatic carbocycles. The van der Waals surface area contributed by atoms with E-state index in [1.807, 2.05) is 11.8 Å². The first-order chi connectivity index (χ1) is 8.31. The number of halogens is 1. The largest absolute Gasteiger partial charge is 0.304 e. The Hall–Kier alpha value is -0.220. The maximum absolute atomic E-state index is 6.36. The molecule has 17 heavy (non-hydrogen) atoms. The quantitative estimate of drug-likeness (QED) is 0.853. The summed E-state index contributed by atoms with van der Waals surface area (Å²) in [4.78, 5) is 4.59. The predicted molar refractivity (Wildman–Crippen MR) is 74.6 cm³/mol. The first kappa shape index (κ1) is 13.2. The second kappa shape index (κ2) is 6.64. The number of rotatable bonds is 4. The molecular formula is C13H18ClNOS. The van der Waals surface area contributed by atoms with E-state index in [0.717, 1.165) is 11.4 Å². The van der Waals surface area contributed by atoms with Crippen LogP contribution in [0.2, 0.25) is 5.02 Å². The van der Waals surface area contributed by atoms with Gasteiger partial charge in [-0.2, -0.15) is 11.8 Å². The zero-order chi connectivity index (χ0) is 12.1. The minimum absolute atomic E-state index is 0.537. The maximum Gasteiger partial charge on any atom is 0.0719 e. The molecule has 0 atom stereocenters. The van der Waals surface area contributed by atoms with Gasteiger partial charge in [-0.25, -0.2) is 5.90 Å². The molecule has 1 aromatic rings. The van der Waals surface area contributed by atoms with Crippen molar-refractivity contribution in [2.24, 2.45) is 5.90 Å². The van der Waals surface area contributed by atoms with Crippen molar-refractivity contribution >= 4 is 23.4 Å². The zero-order valence-electron chi connectivity index (χ0n) is 9.82. The third-order valence-corrected chi connectivity index (χ3v) is 4.61. The lowest BCUT2D eigenvalue weighted by Gasteiger charge is -2.23. The van der Waals surface area contributed by atoms with E-state index in [-0.39, 0.29) is 0 Å². The fourth-order valence-corrected chi connectivity index (χ4v) is 3.71. The molecule has 2 nitrogen and oxygen atoms in total. The average Bonchev–Trinajstić information content (AvgIpc) is 2.37. The minimum atomic E-state index is 0.537. The summed E-state index contributed by atoms with van der Waals surface area (Å²) < 4.78 is 0. The highest BCUT2D eigenvalue weighted by molar-refractivity contribution is 7.99. The van der Waals surface area contributed by atoms with Crippen LogP contribution in [0, 0.1) is 0 Å². The molecule has 0 radical (unpaired) electrons. The Labute approximate surface area is 112 Å². The molecule has 1 heterocycles. The van der Waals surface area contributed by atoms with Gasteiger partial charge in [-0.1, -0.05) is 23.7 Å². The fourth-order valence-electron chi connectivity index (χ4n) is 2.24. The monoisotopic (exact) mass is 271 g/mol. The van der Waals surface area contributed by atoms with E-state index < -0.39 is 0 Å². The van der Waals surface area contributed by atoms with Crippen LogP contribution in [0.5, 0.6) is 0 Å². The second-order valence-corrected chi connectivity index (χ2v) is 6.00. The maximum atomic E-state index is 6.36. The van der Waals surface area contributed by atoms with Gasteiger partial charge in [0.05, 0.1) is 6.61 Å².